The Kier molecular flexibility index (Phi) is 7.75. The highest BCUT2D eigenvalue weighted by atomic mass is 79.9. The van der Waals surface area contributed by atoms with E-state index in [2.05, 4.69) is 21.2 Å². The number of halogens is 2. The minimum absolute atomic E-state index is 0.246. The van der Waals surface area contributed by atoms with E-state index in [9.17, 15) is 4.57 Å². The quantitative estimate of drug-likeness (QED) is 0.421. The Morgan fingerprint density at radius 2 is 1.42 bits per heavy atom. The SMILES string of the molecule is CC(C)OP(=O)(OC(C)C)[C@@H](Nc1ccc(Cl)cc1)c1ccc(Br)cc1. The Bertz CT molecular complexity index is 736. The lowest BCUT2D eigenvalue weighted by Crippen LogP contribution is -2.19. The maximum Gasteiger partial charge on any atom is 0.357 e. The zero-order valence-electron chi connectivity index (χ0n) is 15.3. The van der Waals surface area contributed by atoms with Crippen LogP contribution >= 0.6 is 35.1 Å². The summed E-state index contributed by atoms with van der Waals surface area (Å²) in [5, 5.41) is 3.94. The molecule has 2 aromatic carbocycles. The van der Waals surface area contributed by atoms with Crippen LogP contribution < -0.4 is 5.32 Å². The highest BCUT2D eigenvalue weighted by molar-refractivity contribution is 9.10. The molecule has 0 fully saturated rings. The van der Waals surface area contributed by atoms with Crippen LogP contribution in [-0.4, -0.2) is 12.2 Å². The molecule has 0 saturated heterocycles. The van der Waals surface area contributed by atoms with E-state index in [4.69, 9.17) is 20.6 Å². The van der Waals surface area contributed by atoms with Crippen LogP contribution in [0.2, 0.25) is 5.02 Å². The molecule has 0 saturated carbocycles. The molecule has 26 heavy (non-hydrogen) atoms. The summed E-state index contributed by atoms with van der Waals surface area (Å²) in [7, 11) is -3.52. The van der Waals surface area contributed by atoms with Crippen LogP contribution in [0, 0.1) is 0 Å². The van der Waals surface area contributed by atoms with E-state index < -0.39 is 13.4 Å². The van der Waals surface area contributed by atoms with Gasteiger partial charge in [0.05, 0.1) is 12.2 Å². The van der Waals surface area contributed by atoms with Crippen molar-refractivity contribution < 1.29 is 13.6 Å². The third-order valence-electron chi connectivity index (χ3n) is 3.37. The Labute approximate surface area is 168 Å². The van der Waals surface area contributed by atoms with Crippen LogP contribution in [0.1, 0.15) is 39.0 Å². The van der Waals surface area contributed by atoms with E-state index in [1.165, 1.54) is 0 Å². The smallest absolute Gasteiger partial charge is 0.357 e. The van der Waals surface area contributed by atoms with Crippen molar-refractivity contribution in [1.82, 2.24) is 0 Å². The van der Waals surface area contributed by atoms with Gasteiger partial charge in [-0.25, -0.2) is 0 Å². The summed E-state index contributed by atoms with van der Waals surface area (Å²) in [6.07, 6.45) is -0.492. The lowest BCUT2D eigenvalue weighted by Gasteiger charge is -2.31. The van der Waals surface area contributed by atoms with Gasteiger partial charge in [0, 0.05) is 15.2 Å². The Balaban J connectivity index is 2.47. The van der Waals surface area contributed by atoms with Gasteiger partial charge in [-0.2, -0.15) is 0 Å². The van der Waals surface area contributed by atoms with Crippen molar-refractivity contribution in [3.05, 3.63) is 63.6 Å². The molecule has 142 valence electrons. The van der Waals surface area contributed by atoms with Gasteiger partial charge in [-0.15, -0.1) is 0 Å². The molecule has 4 nitrogen and oxygen atoms in total. The number of nitrogens with one attached hydrogen (secondary N) is 1. The lowest BCUT2D eigenvalue weighted by atomic mass is 10.2. The topological polar surface area (TPSA) is 47.6 Å². The monoisotopic (exact) mass is 459 g/mol. The normalized spacial score (nSPS) is 13.2. The Hall–Kier alpha value is -0.840. The molecule has 0 aliphatic heterocycles. The zero-order valence-corrected chi connectivity index (χ0v) is 18.5. The first kappa shape index (κ1) is 21.5. The molecule has 0 amide bonds. The number of hydrogen-bond acceptors (Lipinski definition) is 4. The van der Waals surface area contributed by atoms with E-state index in [-0.39, 0.29) is 12.2 Å². The van der Waals surface area contributed by atoms with Gasteiger partial charge in [0.1, 0.15) is 0 Å². The van der Waals surface area contributed by atoms with Gasteiger partial charge in [-0.3, -0.25) is 4.57 Å². The average molecular weight is 461 g/mol. The molecule has 0 bridgehead atoms. The summed E-state index contributed by atoms with van der Waals surface area (Å²) in [5.41, 5.74) is 1.59. The van der Waals surface area contributed by atoms with E-state index in [1.54, 1.807) is 12.1 Å². The van der Waals surface area contributed by atoms with E-state index in [1.807, 2.05) is 64.1 Å². The molecule has 0 radical (unpaired) electrons. The predicted octanol–water partition coefficient (Wildman–Crippen LogP) is 7.26. The molecule has 2 aromatic rings. The van der Waals surface area contributed by atoms with Gasteiger partial charge in [-0.1, -0.05) is 39.7 Å². The molecule has 0 spiro atoms. The van der Waals surface area contributed by atoms with E-state index in [0.29, 0.717) is 5.02 Å². The highest BCUT2D eigenvalue weighted by Gasteiger charge is 2.39. The van der Waals surface area contributed by atoms with Crippen LogP contribution in [0.25, 0.3) is 0 Å². The average Bonchev–Trinajstić information content (AvgIpc) is 2.53. The first-order valence-corrected chi connectivity index (χ1v) is 11.2. The van der Waals surface area contributed by atoms with Gasteiger partial charge in [0.25, 0.3) is 0 Å². The molecular weight excluding hydrogens is 437 g/mol. The molecule has 0 unspecified atom stereocenters. The van der Waals surface area contributed by atoms with Crippen molar-refractivity contribution >= 4 is 40.8 Å². The largest absolute Gasteiger partial charge is 0.368 e. The molecule has 0 aromatic heterocycles. The molecule has 0 heterocycles. The van der Waals surface area contributed by atoms with Crippen molar-refractivity contribution in [3.63, 3.8) is 0 Å². The zero-order chi connectivity index (χ0) is 19.3. The summed E-state index contributed by atoms with van der Waals surface area (Å²) >= 11 is 9.41. The first-order chi connectivity index (χ1) is 12.2. The maximum atomic E-state index is 13.7. The summed E-state index contributed by atoms with van der Waals surface area (Å²) < 4.78 is 26.3. The summed E-state index contributed by atoms with van der Waals surface area (Å²) in [6, 6.07) is 14.8. The highest BCUT2D eigenvalue weighted by Crippen LogP contribution is 2.62. The fourth-order valence-electron chi connectivity index (χ4n) is 2.43. The second-order valence-electron chi connectivity index (χ2n) is 6.45. The summed E-state index contributed by atoms with van der Waals surface area (Å²) in [4.78, 5) is 0. The molecule has 2 rings (SSSR count). The maximum absolute atomic E-state index is 13.7. The fraction of sp³-hybridized carbons (Fsp3) is 0.368. The predicted molar refractivity (Wildman–Crippen MR) is 112 cm³/mol. The van der Waals surface area contributed by atoms with Crippen molar-refractivity contribution in [1.29, 1.82) is 0 Å². The third-order valence-corrected chi connectivity index (χ3v) is 6.64. The molecule has 7 heteroatoms. The van der Waals surface area contributed by atoms with Crippen molar-refractivity contribution in [3.8, 4) is 0 Å². The second kappa shape index (κ2) is 9.38. The molecule has 0 aliphatic carbocycles. The van der Waals surface area contributed by atoms with Crippen LogP contribution in [0.15, 0.2) is 53.0 Å². The fourth-order valence-corrected chi connectivity index (χ4v) is 5.13. The van der Waals surface area contributed by atoms with Crippen LogP contribution in [0.3, 0.4) is 0 Å². The minimum Gasteiger partial charge on any atom is -0.368 e. The van der Waals surface area contributed by atoms with Crippen LogP contribution in [0.5, 0.6) is 0 Å². The molecule has 1 N–H and O–H groups in total. The van der Waals surface area contributed by atoms with Gasteiger partial charge >= 0.3 is 7.60 Å². The van der Waals surface area contributed by atoms with E-state index in [0.717, 1.165) is 15.7 Å². The number of anilines is 1. The van der Waals surface area contributed by atoms with Crippen LogP contribution in [-0.2, 0) is 13.6 Å². The number of hydrogen-bond donors (Lipinski definition) is 1. The van der Waals surface area contributed by atoms with Crippen molar-refractivity contribution in [2.45, 2.75) is 45.7 Å². The molecule has 1 atom stereocenters. The first-order valence-electron chi connectivity index (χ1n) is 8.43. The Morgan fingerprint density at radius 1 is 0.923 bits per heavy atom. The summed E-state index contributed by atoms with van der Waals surface area (Å²) in [6.45, 7) is 7.38. The summed E-state index contributed by atoms with van der Waals surface area (Å²) in [5.74, 6) is -0.651. The molecule has 0 aliphatic rings. The van der Waals surface area contributed by atoms with Gasteiger partial charge in [-0.05, 0) is 69.7 Å². The van der Waals surface area contributed by atoms with E-state index >= 15 is 0 Å². The number of rotatable bonds is 8. The minimum atomic E-state index is -3.52. The number of benzene rings is 2. The van der Waals surface area contributed by atoms with Crippen molar-refractivity contribution in [2.75, 3.05) is 5.32 Å². The van der Waals surface area contributed by atoms with Gasteiger partial charge < -0.3 is 14.4 Å². The second-order valence-corrected chi connectivity index (χ2v) is 9.82. The Morgan fingerprint density at radius 3 is 1.88 bits per heavy atom. The lowest BCUT2D eigenvalue weighted by molar-refractivity contribution is 0.138. The third kappa shape index (κ3) is 6.11. The standard InChI is InChI=1S/C19H24BrClNO3P/c1-13(2)24-26(23,25-14(3)4)19(15-5-7-16(20)8-6-15)22-18-11-9-17(21)10-12-18/h5-14,19,22H,1-4H3/t19-/m1/s1. The van der Waals surface area contributed by atoms with Gasteiger partial charge in [0.15, 0.2) is 5.78 Å². The van der Waals surface area contributed by atoms with Gasteiger partial charge in [0.2, 0.25) is 0 Å². The van der Waals surface area contributed by atoms with Crippen molar-refractivity contribution in [2.24, 2.45) is 0 Å². The molecular formula is C19H24BrClNO3P. The van der Waals surface area contributed by atoms with Crippen LogP contribution in [0.4, 0.5) is 5.69 Å².